The molecule has 0 spiro atoms. The van der Waals surface area contributed by atoms with E-state index in [2.05, 4.69) is 9.88 Å². The Labute approximate surface area is 154 Å². The first kappa shape index (κ1) is 17.2. The highest BCUT2D eigenvalue weighted by Gasteiger charge is 2.38. The zero-order valence-corrected chi connectivity index (χ0v) is 15.2. The van der Waals surface area contributed by atoms with Gasteiger partial charge in [-0.1, -0.05) is 18.6 Å². The fraction of sp³-hybridized carbons (Fsp3) is 0.500. The maximum Gasteiger partial charge on any atom is 0.254 e. The Morgan fingerprint density at radius 1 is 1.19 bits per heavy atom. The van der Waals surface area contributed by atoms with E-state index in [0.29, 0.717) is 18.7 Å². The molecule has 6 nitrogen and oxygen atoms in total. The molecule has 2 fully saturated rings. The van der Waals surface area contributed by atoms with E-state index in [1.807, 2.05) is 42.1 Å². The molecule has 2 aliphatic rings. The standard InChI is InChI=1S/C20H26N4O2/c1-22-11-8-21-19(22)15-6-5-7-16(12-15)20(26)24-13-17(18(25)14-24)23-9-3-2-4-10-23/h5-8,11-12,17-18,25H,2-4,9-10,13-14H2,1H3/t17-,18-/m0/s1. The number of rotatable bonds is 3. The van der Waals surface area contributed by atoms with Crippen LogP contribution in [0.15, 0.2) is 36.7 Å². The average Bonchev–Trinajstić information content (AvgIpc) is 3.27. The van der Waals surface area contributed by atoms with E-state index in [1.54, 1.807) is 11.1 Å². The minimum Gasteiger partial charge on any atom is -0.390 e. The van der Waals surface area contributed by atoms with Crippen LogP contribution in [-0.4, -0.2) is 68.7 Å². The van der Waals surface area contributed by atoms with Crippen LogP contribution in [0.5, 0.6) is 0 Å². The monoisotopic (exact) mass is 354 g/mol. The average molecular weight is 354 g/mol. The first-order valence-corrected chi connectivity index (χ1v) is 9.42. The number of amides is 1. The van der Waals surface area contributed by atoms with Gasteiger partial charge in [0, 0.05) is 43.7 Å². The summed E-state index contributed by atoms with van der Waals surface area (Å²) < 4.78 is 1.94. The van der Waals surface area contributed by atoms with E-state index in [9.17, 15) is 9.90 Å². The molecular formula is C20H26N4O2. The molecule has 1 N–H and O–H groups in total. The Morgan fingerprint density at radius 2 is 2.00 bits per heavy atom. The first-order valence-electron chi connectivity index (χ1n) is 9.42. The summed E-state index contributed by atoms with van der Waals surface area (Å²) in [5.41, 5.74) is 1.58. The molecule has 138 valence electrons. The lowest BCUT2D eigenvalue weighted by Gasteiger charge is -2.33. The number of benzene rings is 1. The molecule has 0 aliphatic carbocycles. The van der Waals surface area contributed by atoms with Crippen molar-refractivity contribution in [2.75, 3.05) is 26.2 Å². The van der Waals surface area contributed by atoms with Gasteiger partial charge in [0.05, 0.1) is 12.1 Å². The van der Waals surface area contributed by atoms with Crippen molar-refractivity contribution in [3.8, 4) is 11.4 Å². The third-order valence-electron chi connectivity index (χ3n) is 5.59. The van der Waals surface area contributed by atoms with Gasteiger partial charge >= 0.3 is 0 Å². The zero-order valence-electron chi connectivity index (χ0n) is 15.2. The minimum atomic E-state index is -0.463. The summed E-state index contributed by atoms with van der Waals surface area (Å²) >= 11 is 0. The van der Waals surface area contributed by atoms with Crippen molar-refractivity contribution in [2.45, 2.75) is 31.4 Å². The van der Waals surface area contributed by atoms with Gasteiger partial charge in [0.2, 0.25) is 0 Å². The number of aromatic nitrogens is 2. The highest BCUT2D eigenvalue weighted by molar-refractivity contribution is 5.95. The van der Waals surface area contributed by atoms with Crippen LogP contribution in [0.4, 0.5) is 0 Å². The minimum absolute atomic E-state index is 0.0142. The third kappa shape index (κ3) is 3.27. The van der Waals surface area contributed by atoms with Crippen LogP contribution < -0.4 is 0 Å². The van der Waals surface area contributed by atoms with Crippen LogP contribution in [0.2, 0.25) is 0 Å². The maximum atomic E-state index is 13.0. The van der Waals surface area contributed by atoms with Crippen molar-refractivity contribution in [1.29, 1.82) is 0 Å². The van der Waals surface area contributed by atoms with E-state index in [-0.39, 0.29) is 11.9 Å². The lowest BCUT2D eigenvalue weighted by molar-refractivity contribution is 0.0702. The van der Waals surface area contributed by atoms with Crippen molar-refractivity contribution >= 4 is 5.91 Å². The summed E-state index contributed by atoms with van der Waals surface area (Å²) in [7, 11) is 1.94. The summed E-state index contributed by atoms with van der Waals surface area (Å²) in [6, 6.07) is 7.66. The number of aryl methyl sites for hydroxylation is 1. The lowest BCUT2D eigenvalue weighted by atomic mass is 10.1. The summed E-state index contributed by atoms with van der Waals surface area (Å²) in [6.45, 7) is 3.07. The molecule has 0 bridgehead atoms. The number of hydrogen-bond acceptors (Lipinski definition) is 4. The maximum absolute atomic E-state index is 13.0. The van der Waals surface area contributed by atoms with E-state index in [4.69, 9.17) is 0 Å². The Kier molecular flexibility index (Phi) is 4.78. The van der Waals surface area contributed by atoms with Gasteiger partial charge in [-0.3, -0.25) is 9.69 Å². The van der Waals surface area contributed by atoms with Crippen molar-refractivity contribution in [3.63, 3.8) is 0 Å². The van der Waals surface area contributed by atoms with Gasteiger partial charge < -0.3 is 14.6 Å². The summed E-state index contributed by atoms with van der Waals surface area (Å²) in [5, 5.41) is 10.5. The molecular weight excluding hydrogens is 328 g/mol. The second-order valence-electron chi connectivity index (χ2n) is 7.38. The number of β-amino-alcohol motifs (C(OH)–C–C–N with tert-alkyl or cyclic N) is 1. The second-order valence-corrected chi connectivity index (χ2v) is 7.38. The Morgan fingerprint density at radius 3 is 2.73 bits per heavy atom. The van der Waals surface area contributed by atoms with Crippen LogP contribution in [-0.2, 0) is 7.05 Å². The quantitative estimate of drug-likeness (QED) is 0.912. The predicted octanol–water partition coefficient (Wildman–Crippen LogP) is 1.76. The Bertz CT molecular complexity index is 782. The number of imidazole rings is 1. The lowest BCUT2D eigenvalue weighted by Crippen LogP contribution is -2.46. The first-order chi connectivity index (χ1) is 12.6. The van der Waals surface area contributed by atoms with Crippen LogP contribution in [0.1, 0.15) is 29.6 Å². The number of hydrogen-bond donors (Lipinski definition) is 1. The molecule has 26 heavy (non-hydrogen) atoms. The van der Waals surface area contributed by atoms with Gasteiger partial charge in [0.15, 0.2) is 0 Å². The topological polar surface area (TPSA) is 61.6 Å². The SMILES string of the molecule is Cn1ccnc1-c1cccc(C(=O)N2C[C@H](O)[C@@H](N3CCCCC3)C2)c1. The molecule has 0 saturated carbocycles. The largest absolute Gasteiger partial charge is 0.390 e. The van der Waals surface area contributed by atoms with E-state index < -0.39 is 6.10 Å². The van der Waals surface area contributed by atoms with Gasteiger partial charge in [-0.05, 0) is 38.1 Å². The van der Waals surface area contributed by atoms with Gasteiger partial charge in [-0.15, -0.1) is 0 Å². The van der Waals surface area contributed by atoms with E-state index >= 15 is 0 Å². The smallest absolute Gasteiger partial charge is 0.254 e. The fourth-order valence-electron chi connectivity index (χ4n) is 4.16. The van der Waals surface area contributed by atoms with Gasteiger partial charge in [0.1, 0.15) is 5.82 Å². The van der Waals surface area contributed by atoms with Crippen LogP contribution >= 0.6 is 0 Å². The number of likely N-dealkylation sites (tertiary alicyclic amines) is 2. The van der Waals surface area contributed by atoms with Crippen LogP contribution in [0.25, 0.3) is 11.4 Å². The normalized spacial score (nSPS) is 24.2. The highest BCUT2D eigenvalue weighted by atomic mass is 16.3. The molecule has 2 atom stereocenters. The van der Waals surface area contributed by atoms with Crippen molar-refractivity contribution in [2.24, 2.45) is 7.05 Å². The zero-order chi connectivity index (χ0) is 18.1. The molecule has 0 radical (unpaired) electrons. The van der Waals surface area contributed by atoms with Crippen LogP contribution in [0.3, 0.4) is 0 Å². The summed E-state index contributed by atoms with van der Waals surface area (Å²) in [6.07, 6.45) is 6.82. The Balaban J connectivity index is 1.50. The van der Waals surface area contributed by atoms with Gasteiger partial charge in [-0.2, -0.15) is 0 Å². The van der Waals surface area contributed by atoms with Crippen molar-refractivity contribution < 1.29 is 9.90 Å². The molecule has 1 amide bonds. The number of aliphatic hydroxyl groups excluding tert-OH is 1. The molecule has 0 unspecified atom stereocenters. The molecule has 3 heterocycles. The van der Waals surface area contributed by atoms with Crippen molar-refractivity contribution in [3.05, 3.63) is 42.2 Å². The summed E-state index contributed by atoms with van der Waals surface area (Å²) in [4.78, 5) is 21.5. The van der Waals surface area contributed by atoms with E-state index in [0.717, 1.165) is 24.5 Å². The van der Waals surface area contributed by atoms with Gasteiger partial charge in [-0.25, -0.2) is 4.98 Å². The molecule has 1 aromatic heterocycles. The van der Waals surface area contributed by atoms with Gasteiger partial charge in [0.25, 0.3) is 5.91 Å². The molecule has 6 heteroatoms. The second kappa shape index (κ2) is 7.21. The van der Waals surface area contributed by atoms with E-state index in [1.165, 1.54) is 19.3 Å². The highest BCUT2D eigenvalue weighted by Crippen LogP contribution is 2.24. The fourth-order valence-corrected chi connectivity index (χ4v) is 4.16. The number of carbonyl (C=O) groups excluding carboxylic acids is 1. The summed E-state index contributed by atoms with van der Waals surface area (Å²) in [5.74, 6) is 0.826. The number of aliphatic hydroxyl groups is 1. The van der Waals surface area contributed by atoms with Crippen molar-refractivity contribution in [1.82, 2.24) is 19.4 Å². The molecule has 2 aliphatic heterocycles. The molecule has 1 aromatic carbocycles. The predicted molar refractivity (Wildman–Crippen MR) is 99.8 cm³/mol. The number of nitrogens with zero attached hydrogens (tertiary/aromatic N) is 4. The Hall–Kier alpha value is -2.18. The third-order valence-corrected chi connectivity index (χ3v) is 5.59. The molecule has 4 rings (SSSR count). The molecule has 2 saturated heterocycles. The number of carbonyl (C=O) groups is 1. The molecule has 2 aromatic rings. The van der Waals surface area contributed by atoms with Crippen LogP contribution in [0, 0.1) is 0 Å². The number of piperidine rings is 1.